The van der Waals surface area contributed by atoms with Gasteiger partial charge in [-0.25, -0.2) is 0 Å². The second kappa shape index (κ2) is 4.68. The van der Waals surface area contributed by atoms with Crippen LogP contribution in [0.25, 0.3) is 0 Å². The molecule has 0 rings (SSSR count). The summed E-state index contributed by atoms with van der Waals surface area (Å²) in [6.07, 6.45) is -0.241. The first-order chi connectivity index (χ1) is 3.68. The molecule has 0 spiro atoms. The molecule has 0 aliphatic rings. The van der Waals surface area contributed by atoms with E-state index in [9.17, 15) is 0 Å². The van der Waals surface area contributed by atoms with E-state index in [-0.39, 0.29) is 0 Å². The second-order valence-electron chi connectivity index (χ2n) is 1.38. The Balaban J connectivity index is 3.17. The Hall–Kier alpha value is 0.830. The third-order valence-electron chi connectivity index (χ3n) is 0.696. The Labute approximate surface area is 63.5 Å². The Morgan fingerprint density at radius 3 is 2.00 bits per heavy atom. The van der Waals surface area contributed by atoms with E-state index in [1.807, 2.05) is 0 Å². The molecule has 8 heavy (non-hydrogen) atoms. The lowest BCUT2D eigenvalue weighted by Gasteiger charge is -2.06. The summed E-state index contributed by atoms with van der Waals surface area (Å²) in [4.78, 5) is -0.714. The van der Waals surface area contributed by atoms with Crippen LogP contribution >= 0.6 is 34.8 Å². The largest absolute Gasteiger partial charge is 0.390 e. The van der Waals surface area contributed by atoms with Gasteiger partial charge in [0, 0.05) is 5.88 Å². The van der Waals surface area contributed by atoms with Crippen molar-refractivity contribution in [2.24, 2.45) is 0 Å². The maximum absolute atomic E-state index is 8.78. The van der Waals surface area contributed by atoms with Crippen LogP contribution in [0.4, 0.5) is 0 Å². The lowest BCUT2D eigenvalue weighted by Crippen LogP contribution is -2.15. The summed E-state index contributed by atoms with van der Waals surface area (Å²) in [6, 6.07) is 0. The number of hydrogen-bond acceptors (Lipinski definition) is 1. The van der Waals surface area contributed by atoms with Crippen molar-refractivity contribution in [1.82, 2.24) is 0 Å². The molecule has 0 aliphatic heterocycles. The van der Waals surface area contributed by atoms with E-state index in [4.69, 9.17) is 39.9 Å². The number of aliphatic hydroxyl groups excluding tert-OH is 1. The molecule has 0 aromatic rings. The molecule has 1 nitrogen and oxygen atoms in total. The summed E-state index contributed by atoms with van der Waals surface area (Å²) in [5, 5.41) is 8.78. The summed E-state index contributed by atoms with van der Waals surface area (Å²) in [5.41, 5.74) is 0. The van der Waals surface area contributed by atoms with Gasteiger partial charge in [-0.2, -0.15) is 0 Å². The van der Waals surface area contributed by atoms with Gasteiger partial charge in [-0.05, 0) is 6.42 Å². The van der Waals surface area contributed by atoms with Crippen LogP contribution in [0.3, 0.4) is 0 Å². The minimum absolute atomic E-state index is 0.386. The molecule has 50 valence electrons. The van der Waals surface area contributed by atoms with Crippen molar-refractivity contribution in [3.05, 3.63) is 0 Å². The third kappa shape index (κ3) is 3.79. The van der Waals surface area contributed by atoms with Gasteiger partial charge in [0.05, 0.1) is 6.10 Å². The van der Waals surface area contributed by atoms with Crippen molar-refractivity contribution in [1.29, 1.82) is 0 Å². The number of halogens is 3. The summed E-state index contributed by atoms with van der Waals surface area (Å²) in [7, 11) is 0. The number of aliphatic hydroxyl groups is 1. The molecule has 0 aromatic heterocycles. The van der Waals surface area contributed by atoms with Gasteiger partial charge in [0.15, 0.2) is 0 Å². The van der Waals surface area contributed by atoms with Crippen LogP contribution in [0.15, 0.2) is 0 Å². The first-order valence-electron chi connectivity index (χ1n) is 2.20. The van der Waals surface area contributed by atoms with E-state index in [2.05, 4.69) is 0 Å². The second-order valence-corrected chi connectivity index (χ2v) is 2.92. The lowest BCUT2D eigenvalue weighted by molar-refractivity contribution is 0.185. The van der Waals surface area contributed by atoms with Crippen LogP contribution in [0.2, 0.25) is 0 Å². The molecule has 0 radical (unpaired) electrons. The molecule has 4 heteroatoms. The molecule has 0 bridgehead atoms. The molecular weight excluding hydrogens is 170 g/mol. The van der Waals surface area contributed by atoms with Crippen LogP contribution in [0.1, 0.15) is 6.42 Å². The molecule has 0 saturated carbocycles. The van der Waals surface area contributed by atoms with Gasteiger partial charge in [0.25, 0.3) is 0 Å². The minimum Gasteiger partial charge on any atom is -0.390 e. The van der Waals surface area contributed by atoms with Crippen LogP contribution in [-0.2, 0) is 0 Å². The first-order valence-corrected chi connectivity index (χ1v) is 3.61. The summed E-state index contributed by atoms with van der Waals surface area (Å²) >= 11 is 15.8. The van der Waals surface area contributed by atoms with Gasteiger partial charge < -0.3 is 5.11 Å². The fourth-order valence-electron chi connectivity index (χ4n) is 0.238. The highest BCUT2D eigenvalue weighted by Gasteiger charge is 2.10. The van der Waals surface area contributed by atoms with Crippen molar-refractivity contribution in [2.45, 2.75) is 17.4 Å². The Kier molecular flexibility index (Phi) is 5.17. The van der Waals surface area contributed by atoms with Crippen molar-refractivity contribution >= 4 is 34.8 Å². The summed E-state index contributed by atoms with van der Waals surface area (Å²) in [6.45, 7) is 0. The van der Waals surface area contributed by atoms with E-state index in [1.165, 1.54) is 0 Å². The first kappa shape index (κ1) is 8.83. The van der Waals surface area contributed by atoms with Gasteiger partial charge in [-0.15, -0.1) is 34.8 Å². The number of alkyl halides is 3. The highest BCUT2D eigenvalue weighted by molar-refractivity contribution is 6.44. The van der Waals surface area contributed by atoms with Gasteiger partial charge in [-0.1, -0.05) is 0 Å². The zero-order valence-electron chi connectivity index (χ0n) is 4.15. The van der Waals surface area contributed by atoms with Crippen LogP contribution in [0.5, 0.6) is 0 Å². The van der Waals surface area contributed by atoms with Crippen LogP contribution in [0, 0.1) is 0 Å². The van der Waals surface area contributed by atoms with E-state index < -0.39 is 10.9 Å². The molecule has 0 heterocycles. The summed E-state index contributed by atoms with van der Waals surface area (Å²) in [5.74, 6) is 0.386. The predicted octanol–water partition coefficient (Wildman–Crippen LogP) is 1.78. The molecule has 0 aromatic carbocycles. The number of hydrogen-bond donors (Lipinski definition) is 1. The number of rotatable bonds is 3. The van der Waals surface area contributed by atoms with Gasteiger partial charge in [0.1, 0.15) is 4.84 Å². The van der Waals surface area contributed by atoms with Crippen molar-refractivity contribution in [3.63, 3.8) is 0 Å². The van der Waals surface area contributed by atoms with Gasteiger partial charge >= 0.3 is 0 Å². The molecular formula is C4H7Cl3O. The smallest absolute Gasteiger partial charge is 0.133 e. The van der Waals surface area contributed by atoms with E-state index >= 15 is 0 Å². The molecule has 0 fully saturated rings. The van der Waals surface area contributed by atoms with Gasteiger partial charge in [0.2, 0.25) is 0 Å². The van der Waals surface area contributed by atoms with Crippen LogP contribution < -0.4 is 0 Å². The maximum atomic E-state index is 8.78. The molecule has 1 atom stereocenters. The standard InChI is InChI=1S/C4H7Cl3O/c5-2-1-3(8)4(6)7/h3-4,8H,1-2H2. The zero-order chi connectivity index (χ0) is 6.57. The van der Waals surface area contributed by atoms with E-state index in [1.54, 1.807) is 0 Å². The fourth-order valence-corrected chi connectivity index (χ4v) is 0.713. The molecule has 1 N–H and O–H groups in total. The predicted molar refractivity (Wildman–Crippen MR) is 36.8 cm³/mol. The van der Waals surface area contributed by atoms with Crippen LogP contribution in [-0.4, -0.2) is 21.9 Å². The Morgan fingerprint density at radius 1 is 1.38 bits per heavy atom. The normalized spacial score (nSPS) is 14.6. The Bertz CT molecular complexity index is 57.2. The molecule has 0 saturated heterocycles. The Morgan fingerprint density at radius 2 is 1.88 bits per heavy atom. The molecule has 0 aliphatic carbocycles. The zero-order valence-corrected chi connectivity index (χ0v) is 6.42. The topological polar surface area (TPSA) is 20.2 Å². The van der Waals surface area contributed by atoms with Crippen molar-refractivity contribution < 1.29 is 5.11 Å². The summed E-state index contributed by atoms with van der Waals surface area (Å²) < 4.78 is 0. The average molecular weight is 177 g/mol. The molecule has 0 amide bonds. The fraction of sp³-hybridized carbons (Fsp3) is 1.00. The highest BCUT2D eigenvalue weighted by atomic mass is 35.5. The van der Waals surface area contributed by atoms with Crippen molar-refractivity contribution in [3.8, 4) is 0 Å². The van der Waals surface area contributed by atoms with Crippen molar-refractivity contribution in [2.75, 3.05) is 5.88 Å². The maximum Gasteiger partial charge on any atom is 0.133 e. The lowest BCUT2D eigenvalue weighted by atomic mass is 10.3. The van der Waals surface area contributed by atoms with E-state index in [0.717, 1.165) is 0 Å². The minimum atomic E-state index is -0.714. The quantitative estimate of drug-likeness (QED) is 0.652. The van der Waals surface area contributed by atoms with E-state index in [0.29, 0.717) is 12.3 Å². The highest BCUT2D eigenvalue weighted by Crippen LogP contribution is 2.10. The SMILES string of the molecule is OC(CCCl)C(Cl)Cl. The third-order valence-corrected chi connectivity index (χ3v) is 1.50. The average Bonchev–Trinajstić information content (AvgIpc) is 1.67. The monoisotopic (exact) mass is 176 g/mol. The molecule has 1 unspecified atom stereocenters. The van der Waals surface area contributed by atoms with Gasteiger partial charge in [-0.3, -0.25) is 0 Å².